The highest BCUT2D eigenvalue weighted by Gasteiger charge is 2.25. The van der Waals surface area contributed by atoms with Crippen molar-refractivity contribution in [1.29, 1.82) is 0 Å². The minimum Gasteiger partial charge on any atom is -0.494 e. The van der Waals surface area contributed by atoms with Gasteiger partial charge in [-0.2, -0.15) is 4.98 Å². The van der Waals surface area contributed by atoms with E-state index in [0.29, 0.717) is 46.4 Å². The van der Waals surface area contributed by atoms with E-state index in [0.717, 1.165) is 49.5 Å². The van der Waals surface area contributed by atoms with Gasteiger partial charge in [0.25, 0.3) is 5.91 Å². The quantitative estimate of drug-likeness (QED) is 0.447. The molecule has 3 aromatic rings. The molecule has 0 saturated carbocycles. The molecule has 0 aliphatic carbocycles. The number of likely N-dealkylation sites (N-methyl/N-ethyl adjacent to an activating group) is 1. The molecule has 1 amide bonds. The number of benzene rings is 2. The van der Waals surface area contributed by atoms with Crippen molar-refractivity contribution < 1.29 is 9.53 Å². The maximum Gasteiger partial charge on any atom is 0.255 e. The zero-order chi connectivity index (χ0) is 26.8. The minimum absolute atomic E-state index is 0.0201. The van der Waals surface area contributed by atoms with Crippen molar-refractivity contribution in [2.75, 3.05) is 62.4 Å². The molecule has 1 saturated heterocycles. The Morgan fingerprint density at radius 1 is 1.03 bits per heavy atom. The van der Waals surface area contributed by atoms with E-state index < -0.39 is 0 Å². The van der Waals surface area contributed by atoms with E-state index in [4.69, 9.17) is 16.3 Å². The van der Waals surface area contributed by atoms with Crippen LogP contribution in [0.3, 0.4) is 0 Å². The second kappa shape index (κ2) is 11.0. The van der Waals surface area contributed by atoms with Gasteiger partial charge in [0.1, 0.15) is 10.8 Å². The summed E-state index contributed by atoms with van der Waals surface area (Å²) in [4.78, 5) is 28.4. The van der Waals surface area contributed by atoms with Gasteiger partial charge in [-0.05, 0) is 44.0 Å². The van der Waals surface area contributed by atoms with Gasteiger partial charge in [0.15, 0.2) is 5.82 Å². The average Bonchev–Trinajstić information content (AvgIpc) is 2.93. The van der Waals surface area contributed by atoms with Gasteiger partial charge in [-0.15, -0.1) is 0 Å². The molecule has 38 heavy (non-hydrogen) atoms. The molecule has 3 heterocycles. The van der Waals surface area contributed by atoms with E-state index in [1.807, 2.05) is 37.4 Å². The van der Waals surface area contributed by atoms with Crippen molar-refractivity contribution in [2.24, 2.45) is 0 Å². The van der Waals surface area contributed by atoms with Crippen molar-refractivity contribution in [3.8, 4) is 5.75 Å². The molecule has 1 aromatic heterocycles. The Hall–Kier alpha value is -3.56. The third kappa shape index (κ3) is 5.35. The number of hydrogen-bond acceptors (Lipinski definition) is 8. The number of ether oxygens (including phenoxy) is 1. The van der Waals surface area contributed by atoms with Crippen molar-refractivity contribution >= 4 is 46.3 Å². The van der Waals surface area contributed by atoms with E-state index in [1.165, 1.54) is 6.20 Å². The summed E-state index contributed by atoms with van der Waals surface area (Å²) in [5.41, 5.74) is 4.21. The van der Waals surface area contributed by atoms with Gasteiger partial charge in [0, 0.05) is 57.6 Å². The minimum atomic E-state index is -0.0201. The van der Waals surface area contributed by atoms with Gasteiger partial charge in [-0.25, -0.2) is 4.98 Å². The number of rotatable bonds is 7. The summed E-state index contributed by atoms with van der Waals surface area (Å²) >= 11 is 6.45. The molecule has 1 fully saturated rings. The molecule has 0 radical (unpaired) electrons. The number of amides is 1. The normalized spacial score (nSPS) is 16.0. The van der Waals surface area contributed by atoms with Crippen molar-refractivity contribution in [1.82, 2.24) is 19.8 Å². The summed E-state index contributed by atoms with van der Waals surface area (Å²) in [7, 11) is 3.47. The van der Waals surface area contributed by atoms with Gasteiger partial charge < -0.3 is 25.2 Å². The first kappa shape index (κ1) is 26.1. The molecule has 0 unspecified atom stereocenters. The monoisotopic (exact) mass is 535 g/mol. The highest BCUT2D eigenvalue weighted by Crippen LogP contribution is 2.34. The molecule has 2 N–H and O–H groups in total. The van der Waals surface area contributed by atoms with Gasteiger partial charge >= 0.3 is 0 Å². The molecular weight excluding hydrogens is 502 g/mol. The lowest BCUT2D eigenvalue weighted by Gasteiger charge is -2.38. The number of piperazine rings is 1. The van der Waals surface area contributed by atoms with Crippen LogP contribution in [0.2, 0.25) is 5.02 Å². The SMILES string of the molecule is COc1cc(N2CCN(C(C)C)CC2)ccc1Nc1ncc(Cl)c(Nc2cccc3c2C(=O)N(C)CC3)n1. The number of nitrogens with one attached hydrogen (secondary N) is 2. The van der Waals surface area contributed by atoms with Crippen molar-refractivity contribution in [3.05, 3.63) is 58.7 Å². The highest BCUT2D eigenvalue weighted by atomic mass is 35.5. The van der Waals surface area contributed by atoms with Crippen LogP contribution >= 0.6 is 11.6 Å². The first-order valence-electron chi connectivity index (χ1n) is 12.9. The van der Waals surface area contributed by atoms with Crippen LogP contribution in [0.4, 0.5) is 28.8 Å². The van der Waals surface area contributed by atoms with Crippen LogP contribution in [0, 0.1) is 0 Å². The maximum atomic E-state index is 12.9. The molecule has 0 bridgehead atoms. The predicted molar refractivity (Wildman–Crippen MR) is 153 cm³/mol. The molecule has 0 spiro atoms. The lowest BCUT2D eigenvalue weighted by molar-refractivity contribution is 0.0782. The number of aromatic nitrogens is 2. The molecular formula is C28H34ClN7O2. The fourth-order valence-corrected chi connectivity index (χ4v) is 5.12. The number of carbonyl (C=O) groups excluding carboxylic acids is 1. The lowest BCUT2D eigenvalue weighted by Crippen LogP contribution is -2.48. The van der Waals surface area contributed by atoms with Crippen LogP contribution in [0.5, 0.6) is 5.75 Å². The van der Waals surface area contributed by atoms with Crippen LogP contribution in [0.1, 0.15) is 29.8 Å². The van der Waals surface area contributed by atoms with Crippen molar-refractivity contribution in [2.45, 2.75) is 26.3 Å². The van der Waals surface area contributed by atoms with Crippen LogP contribution in [-0.4, -0.2) is 78.6 Å². The van der Waals surface area contributed by atoms with Crippen LogP contribution < -0.4 is 20.3 Å². The molecule has 2 aromatic carbocycles. The number of anilines is 5. The second-order valence-corrected chi connectivity index (χ2v) is 10.4. The third-order valence-electron chi connectivity index (χ3n) is 7.27. The number of carbonyl (C=O) groups is 1. The van der Waals surface area contributed by atoms with Crippen molar-refractivity contribution in [3.63, 3.8) is 0 Å². The standard InChI is InChI=1S/C28H34ClN7O2/c1-18(2)35-12-14-36(15-13-35)20-8-9-22(24(16-20)38-4)32-28-30-17-21(29)26(33-28)31-23-7-5-6-19-10-11-34(3)27(37)25(19)23/h5-9,16-18H,10-15H2,1-4H3,(H2,30,31,32,33). The zero-order valence-electron chi connectivity index (χ0n) is 22.3. The third-order valence-corrected chi connectivity index (χ3v) is 7.54. The van der Waals surface area contributed by atoms with E-state index in [2.05, 4.69) is 50.3 Å². The second-order valence-electron chi connectivity index (χ2n) is 9.96. The predicted octanol–water partition coefficient (Wildman–Crippen LogP) is 4.78. The fraction of sp³-hybridized carbons (Fsp3) is 0.393. The summed E-state index contributed by atoms with van der Waals surface area (Å²) in [5.74, 6) is 1.46. The molecule has 10 heteroatoms. The lowest BCUT2D eigenvalue weighted by atomic mass is 9.97. The summed E-state index contributed by atoms with van der Waals surface area (Å²) < 4.78 is 5.70. The van der Waals surface area contributed by atoms with Gasteiger partial charge in [0.2, 0.25) is 5.95 Å². The maximum absolute atomic E-state index is 12.9. The van der Waals surface area contributed by atoms with E-state index >= 15 is 0 Å². The average molecular weight is 536 g/mol. The summed E-state index contributed by atoms with van der Waals surface area (Å²) in [6.45, 7) is 9.22. The fourth-order valence-electron chi connectivity index (χ4n) is 4.99. The molecule has 0 atom stereocenters. The van der Waals surface area contributed by atoms with Crippen LogP contribution in [0.15, 0.2) is 42.6 Å². The number of methoxy groups -OCH3 is 1. The largest absolute Gasteiger partial charge is 0.494 e. The molecule has 9 nitrogen and oxygen atoms in total. The first-order valence-corrected chi connectivity index (χ1v) is 13.3. The zero-order valence-corrected chi connectivity index (χ0v) is 23.0. The molecule has 2 aliphatic rings. The summed E-state index contributed by atoms with van der Waals surface area (Å²) in [5, 5.41) is 6.87. The Balaban J connectivity index is 1.35. The van der Waals surface area contributed by atoms with E-state index in [-0.39, 0.29) is 5.91 Å². The van der Waals surface area contributed by atoms with E-state index in [9.17, 15) is 4.79 Å². The molecule has 2 aliphatic heterocycles. The topological polar surface area (TPSA) is 85.9 Å². The number of fused-ring (bicyclic) bond motifs is 1. The van der Waals surface area contributed by atoms with Gasteiger partial charge in [-0.1, -0.05) is 23.7 Å². The first-order chi connectivity index (χ1) is 18.3. The highest BCUT2D eigenvalue weighted by molar-refractivity contribution is 6.33. The van der Waals surface area contributed by atoms with Crippen LogP contribution in [-0.2, 0) is 6.42 Å². The smallest absolute Gasteiger partial charge is 0.255 e. The molecule has 5 rings (SSSR count). The van der Waals surface area contributed by atoms with Crippen LogP contribution in [0.25, 0.3) is 0 Å². The number of halogens is 1. The molecule has 200 valence electrons. The summed E-state index contributed by atoms with van der Waals surface area (Å²) in [6, 6.07) is 12.5. The Morgan fingerprint density at radius 2 is 1.82 bits per heavy atom. The Bertz CT molecular complexity index is 1320. The Morgan fingerprint density at radius 3 is 2.55 bits per heavy atom. The van der Waals surface area contributed by atoms with E-state index in [1.54, 1.807) is 12.0 Å². The number of nitrogens with zero attached hydrogens (tertiary/aromatic N) is 5. The Kier molecular flexibility index (Phi) is 7.58. The van der Waals surface area contributed by atoms with Gasteiger partial charge in [0.05, 0.1) is 30.2 Å². The van der Waals surface area contributed by atoms with Gasteiger partial charge in [-0.3, -0.25) is 9.69 Å². The number of hydrogen-bond donors (Lipinski definition) is 2. The Labute approximate surface area is 228 Å². The summed E-state index contributed by atoms with van der Waals surface area (Å²) in [6.07, 6.45) is 2.35.